The van der Waals surface area contributed by atoms with Crippen molar-refractivity contribution in [3.63, 3.8) is 0 Å². The number of nitrogens with one attached hydrogen (secondary N) is 1. The summed E-state index contributed by atoms with van der Waals surface area (Å²) in [6, 6.07) is 22.4. The molecule has 3 aromatic carbocycles. The van der Waals surface area contributed by atoms with Gasteiger partial charge in [-0.05, 0) is 29.5 Å². The Labute approximate surface area is 142 Å². The highest BCUT2D eigenvalue weighted by atomic mass is 16.5. The summed E-state index contributed by atoms with van der Waals surface area (Å²) in [4.78, 5) is 0. The molecule has 0 aromatic heterocycles. The van der Waals surface area contributed by atoms with Crippen LogP contribution in [0.5, 0.6) is 5.75 Å². The Morgan fingerprint density at radius 3 is 2.25 bits per heavy atom. The standard InChI is InChI=1S/C21H23NO2/c1-15(22-20(14-23)16-8-4-3-5-9-16)17-12-13-21(24-2)19-11-7-6-10-18(17)19/h3-13,15,20,22-23H,14H2,1-2H3. The van der Waals surface area contributed by atoms with Crippen LogP contribution in [0.25, 0.3) is 10.8 Å². The van der Waals surface area contributed by atoms with Crippen LogP contribution in [0.2, 0.25) is 0 Å². The zero-order valence-electron chi connectivity index (χ0n) is 14.1. The maximum absolute atomic E-state index is 9.79. The third-order valence-corrected chi connectivity index (χ3v) is 4.44. The van der Waals surface area contributed by atoms with Gasteiger partial charge in [0.2, 0.25) is 0 Å². The first-order valence-electron chi connectivity index (χ1n) is 8.22. The topological polar surface area (TPSA) is 41.5 Å². The third kappa shape index (κ3) is 3.28. The van der Waals surface area contributed by atoms with E-state index < -0.39 is 0 Å². The quantitative estimate of drug-likeness (QED) is 0.714. The molecule has 2 N–H and O–H groups in total. The molecule has 0 radical (unpaired) electrons. The molecule has 0 aliphatic heterocycles. The van der Waals surface area contributed by atoms with E-state index in [1.807, 2.05) is 48.5 Å². The smallest absolute Gasteiger partial charge is 0.126 e. The molecular weight excluding hydrogens is 298 g/mol. The Hall–Kier alpha value is -2.36. The number of hydrogen-bond acceptors (Lipinski definition) is 3. The van der Waals surface area contributed by atoms with Gasteiger partial charge in [0, 0.05) is 11.4 Å². The lowest BCUT2D eigenvalue weighted by atomic mass is 9.97. The van der Waals surface area contributed by atoms with Gasteiger partial charge in [-0.25, -0.2) is 0 Å². The van der Waals surface area contributed by atoms with Gasteiger partial charge >= 0.3 is 0 Å². The van der Waals surface area contributed by atoms with E-state index in [4.69, 9.17) is 4.74 Å². The second-order valence-corrected chi connectivity index (χ2v) is 5.94. The Balaban J connectivity index is 1.93. The highest BCUT2D eigenvalue weighted by Crippen LogP contribution is 2.32. The summed E-state index contributed by atoms with van der Waals surface area (Å²) >= 11 is 0. The lowest BCUT2D eigenvalue weighted by Crippen LogP contribution is -2.27. The average Bonchev–Trinajstić information content (AvgIpc) is 2.65. The number of aliphatic hydroxyl groups is 1. The maximum Gasteiger partial charge on any atom is 0.126 e. The van der Waals surface area contributed by atoms with E-state index in [2.05, 4.69) is 30.4 Å². The third-order valence-electron chi connectivity index (χ3n) is 4.44. The number of hydrogen-bond donors (Lipinski definition) is 2. The van der Waals surface area contributed by atoms with Crippen LogP contribution in [-0.4, -0.2) is 18.8 Å². The molecule has 0 saturated carbocycles. The van der Waals surface area contributed by atoms with Gasteiger partial charge in [-0.2, -0.15) is 0 Å². The van der Waals surface area contributed by atoms with Crippen molar-refractivity contribution < 1.29 is 9.84 Å². The minimum atomic E-state index is -0.0953. The molecule has 0 heterocycles. The molecule has 0 bridgehead atoms. The first-order valence-corrected chi connectivity index (χ1v) is 8.22. The number of aliphatic hydroxyl groups excluding tert-OH is 1. The fourth-order valence-corrected chi connectivity index (χ4v) is 3.18. The lowest BCUT2D eigenvalue weighted by molar-refractivity contribution is 0.235. The molecule has 2 atom stereocenters. The number of rotatable bonds is 6. The predicted octanol–water partition coefficient (Wildman–Crippen LogP) is 4.23. The van der Waals surface area contributed by atoms with Crippen molar-refractivity contribution in [2.75, 3.05) is 13.7 Å². The van der Waals surface area contributed by atoms with Gasteiger partial charge in [0.25, 0.3) is 0 Å². The van der Waals surface area contributed by atoms with Crippen LogP contribution in [0, 0.1) is 0 Å². The highest BCUT2D eigenvalue weighted by molar-refractivity contribution is 5.91. The highest BCUT2D eigenvalue weighted by Gasteiger charge is 2.17. The zero-order chi connectivity index (χ0) is 16.9. The summed E-state index contributed by atoms with van der Waals surface area (Å²) in [6.07, 6.45) is 0. The summed E-state index contributed by atoms with van der Waals surface area (Å²) in [7, 11) is 1.69. The van der Waals surface area contributed by atoms with Crippen molar-refractivity contribution in [2.24, 2.45) is 0 Å². The minimum absolute atomic E-state index is 0.0580. The Bertz CT molecular complexity index is 801. The molecule has 0 amide bonds. The van der Waals surface area contributed by atoms with Crippen molar-refractivity contribution in [1.82, 2.24) is 5.32 Å². The molecule has 3 rings (SSSR count). The van der Waals surface area contributed by atoms with Crippen LogP contribution in [0.3, 0.4) is 0 Å². The van der Waals surface area contributed by atoms with E-state index in [1.165, 1.54) is 10.9 Å². The molecule has 3 nitrogen and oxygen atoms in total. The van der Waals surface area contributed by atoms with Crippen molar-refractivity contribution in [2.45, 2.75) is 19.0 Å². The average molecular weight is 321 g/mol. The maximum atomic E-state index is 9.79. The van der Waals surface area contributed by atoms with Gasteiger partial charge in [-0.15, -0.1) is 0 Å². The van der Waals surface area contributed by atoms with Crippen molar-refractivity contribution >= 4 is 10.8 Å². The van der Waals surface area contributed by atoms with Crippen LogP contribution in [0.15, 0.2) is 66.7 Å². The first kappa shape index (κ1) is 16.5. The van der Waals surface area contributed by atoms with E-state index in [-0.39, 0.29) is 18.7 Å². The molecule has 0 saturated heterocycles. The Morgan fingerprint density at radius 2 is 1.58 bits per heavy atom. The van der Waals surface area contributed by atoms with E-state index in [1.54, 1.807) is 7.11 Å². The monoisotopic (exact) mass is 321 g/mol. The predicted molar refractivity (Wildman–Crippen MR) is 98.3 cm³/mol. The van der Waals surface area contributed by atoms with Crippen LogP contribution in [0.4, 0.5) is 0 Å². The molecule has 2 unspecified atom stereocenters. The van der Waals surface area contributed by atoms with Crippen LogP contribution in [0.1, 0.15) is 30.1 Å². The molecule has 0 aliphatic rings. The first-order chi connectivity index (χ1) is 11.7. The van der Waals surface area contributed by atoms with E-state index >= 15 is 0 Å². The Kier molecular flexibility index (Phi) is 5.14. The van der Waals surface area contributed by atoms with Crippen LogP contribution < -0.4 is 10.1 Å². The minimum Gasteiger partial charge on any atom is -0.496 e. The van der Waals surface area contributed by atoms with Gasteiger partial charge in [-0.1, -0.05) is 60.7 Å². The van der Waals surface area contributed by atoms with Gasteiger partial charge in [-0.3, -0.25) is 0 Å². The van der Waals surface area contributed by atoms with Crippen LogP contribution >= 0.6 is 0 Å². The lowest BCUT2D eigenvalue weighted by Gasteiger charge is -2.24. The molecule has 0 spiro atoms. The normalized spacial score (nSPS) is 13.6. The van der Waals surface area contributed by atoms with E-state index in [9.17, 15) is 5.11 Å². The van der Waals surface area contributed by atoms with Crippen molar-refractivity contribution in [3.8, 4) is 5.75 Å². The molecule has 0 fully saturated rings. The molecule has 124 valence electrons. The second kappa shape index (κ2) is 7.47. The summed E-state index contributed by atoms with van der Waals surface area (Å²) in [6.45, 7) is 2.18. The van der Waals surface area contributed by atoms with Crippen molar-refractivity contribution in [3.05, 3.63) is 77.9 Å². The van der Waals surface area contributed by atoms with E-state index in [0.717, 1.165) is 16.7 Å². The number of ether oxygens (including phenoxy) is 1. The molecule has 24 heavy (non-hydrogen) atoms. The molecule has 3 heteroatoms. The molecular formula is C21H23NO2. The summed E-state index contributed by atoms with van der Waals surface area (Å²) in [5.74, 6) is 0.878. The van der Waals surface area contributed by atoms with Crippen LogP contribution in [-0.2, 0) is 0 Å². The summed E-state index contributed by atoms with van der Waals surface area (Å²) < 4.78 is 5.47. The fourth-order valence-electron chi connectivity index (χ4n) is 3.18. The second-order valence-electron chi connectivity index (χ2n) is 5.94. The van der Waals surface area contributed by atoms with Gasteiger partial charge < -0.3 is 15.2 Å². The fraction of sp³-hybridized carbons (Fsp3) is 0.238. The zero-order valence-corrected chi connectivity index (χ0v) is 14.1. The number of fused-ring (bicyclic) bond motifs is 1. The van der Waals surface area contributed by atoms with Crippen molar-refractivity contribution in [1.29, 1.82) is 0 Å². The van der Waals surface area contributed by atoms with E-state index in [0.29, 0.717) is 0 Å². The molecule has 3 aromatic rings. The van der Waals surface area contributed by atoms with Gasteiger partial charge in [0.15, 0.2) is 0 Å². The largest absolute Gasteiger partial charge is 0.496 e. The molecule has 0 aliphatic carbocycles. The SMILES string of the molecule is COc1ccc(C(C)NC(CO)c2ccccc2)c2ccccc12. The summed E-state index contributed by atoms with van der Waals surface area (Å²) in [5.41, 5.74) is 2.28. The number of methoxy groups -OCH3 is 1. The number of benzene rings is 3. The van der Waals surface area contributed by atoms with Gasteiger partial charge in [0.1, 0.15) is 5.75 Å². The Morgan fingerprint density at radius 1 is 0.917 bits per heavy atom. The summed E-state index contributed by atoms with van der Waals surface area (Å²) in [5, 5.41) is 15.6. The van der Waals surface area contributed by atoms with Gasteiger partial charge in [0.05, 0.1) is 19.8 Å².